The normalized spacial score (nSPS) is 20.2. The second-order valence-corrected chi connectivity index (χ2v) is 3.47. The van der Waals surface area contributed by atoms with E-state index in [1.54, 1.807) is 0 Å². The molecule has 1 heterocycles. The lowest BCUT2D eigenvalue weighted by atomic mass is 9.97. The van der Waals surface area contributed by atoms with Crippen molar-refractivity contribution in [2.24, 2.45) is 0 Å². The van der Waals surface area contributed by atoms with Crippen molar-refractivity contribution in [3.63, 3.8) is 0 Å². The highest BCUT2D eigenvalue weighted by Gasteiger charge is 2.22. The first-order chi connectivity index (χ1) is 6.79. The number of carbonyl (C=O) groups is 1. The van der Waals surface area contributed by atoms with Gasteiger partial charge in [0.05, 0.1) is 0 Å². The van der Waals surface area contributed by atoms with E-state index in [1.807, 2.05) is 24.3 Å². The molecule has 1 fully saturated rings. The predicted octanol–water partition coefficient (Wildman–Crippen LogP) is 1.27. The van der Waals surface area contributed by atoms with Crippen molar-refractivity contribution >= 4 is 5.91 Å². The SMILES string of the molecule is C#Cc1ccc(C2CNC(=O)C2)cc1. The van der Waals surface area contributed by atoms with Crippen LogP contribution in [0.4, 0.5) is 0 Å². The van der Waals surface area contributed by atoms with Crippen LogP contribution in [0, 0.1) is 12.3 Å². The summed E-state index contributed by atoms with van der Waals surface area (Å²) >= 11 is 0. The summed E-state index contributed by atoms with van der Waals surface area (Å²) in [5, 5.41) is 2.82. The lowest BCUT2D eigenvalue weighted by molar-refractivity contribution is -0.119. The third-order valence-corrected chi connectivity index (χ3v) is 2.53. The highest BCUT2D eigenvalue weighted by molar-refractivity contribution is 5.79. The van der Waals surface area contributed by atoms with Gasteiger partial charge in [0.25, 0.3) is 0 Å². The van der Waals surface area contributed by atoms with Gasteiger partial charge in [-0.1, -0.05) is 18.1 Å². The predicted molar refractivity (Wildman–Crippen MR) is 54.7 cm³/mol. The topological polar surface area (TPSA) is 29.1 Å². The third-order valence-electron chi connectivity index (χ3n) is 2.53. The van der Waals surface area contributed by atoms with E-state index in [4.69, 9.17) is 6.42 Å². The third kappa shape index (κ3) is 1.62. The minimum absolute atomic E-state index is 0.135. The lowest BCUT2D eigenvalue weighted by Gasteiger charge is -2.06. The van der Waals surface area contributed by atoms with Gasteiger partial charge in [-0.05, 0) is 17.7 Å². The Hall–Kier alpha value is -1.75. The average Bonchev–Trinajstić information content (AvgIpc) is 2.65. The Labute approximate surface area is 83.3 Å². The molecule has 1 aliphatic heterocycles. The van der Waals surface area contributed by atoms with E-state index >= 15 is 0 Å². The lowest BCUT2D eigenvalue weighted by Crippen LogP contribution is -2.13. The van der Waals surface area contributed by atoms with Gasteiger partial charge in [-0.2, -0.15) is 0 Å². The van der Waals surface area contributed by atoms with Gasteiger partial charge in [0, 0.05) is 24.4 Å². The van der Waals surface area contributed by atoms with Crippen LogP contribution in [0.25, 0.3) is 0 Å². The molecule has 1 atom stereocenters. The second kappa shape index (κ2) is 3.55. The van der Waals surface area contributed by atoms with Gasteiger partial charge in [-0.25, -0.2) is 0 Å². The van der Waals surface area contributed by atoms with Crippen molar-refractivity contribution in [3.8, 4) is 12.3 Å². The average molecular weight is 185 g/mol. The largest absolute Gasteiger partial charge is 0.355 e. The zero-order chi connectivity index (χ0) is 9.97. The van der Waals surface area contributed by atoms with Gasteiger partial charge < -0.3 is 5.32 Å². The molecule has 1 amide bonds. The summed E-state index contributed by atoms with van der Waals surface area (Å²) in [5.74, 6) is 3.02. The van der Waals surface area contributed by atoms with Crippen LogP contribution in [0.5, 0.6) is 0 Å². The highest BCUT2D eigenvalue weighted by atomic mass is 16.1. The summed E-state index contributed by atoms with van der Waals surface area (Å²) in [4.78, 5) is 11.0. The minimum Gasteiger partial charge on any atom is -0.355 e. The standard InChI is InChI=1S/C12H11NO/c1-2-9-3-5-10(6-4-9)11-7-12(14)13-8-11/h1,3-6,11H,7-8H2,(H,13,14). The molecule has 2 heteroatoms. The quantitative estimate of drug-likeness (QED) is 0.656. The van der Waals surface area contributed by atoms with Gasteiger partial charge in [0.1, 0.15) is 0 Å². The Morgan fingerprint density at radius 3 is 2.57 bits per heavy atom. The fourth-order valence-corrected chi connectivity index (χ4v) is 1.69. The fourth-order valence-electron chi connectivity index (χ4n) is 1.69. The fraction of sp³-hybridized carbons (Fsp3) is 0.250. The molecule has 0 radical (unpaired) electrons. The smallest absolute Gasteiger partial charge is 0.220 e. The maximum atomic E-state index is 11.0. The molecule has 1 saturated heterocycles. The van der Waals surface area contributed by atoms with Crippen LogP contribution >= 0.6 is 0 Å². The molecule has 1 N–H and O–H groups in total. The first kappa shape index (κ1) is 8.83. The van der Waals surface area contributed by atoms with Crippen LogP contribution in [0.15, 0.2) is 24.3 Å². The Balaban J connectivity index is 2.18. The molecular formula is C12H11NO. The maximum absolute atomic E-state index is 11.0. The summed E-state index contributed by atoms with van der Waals surface area (Å²) in [6.07, 6.45) is 5.85. The van der Waals surface area contributed by atoms with Gasteiger partial charge >= 0.3 is 0 Å². The van der Waals surface area contributed by atoms with E-state index < -0.39 is 0 Å². The van der Waals surface area contributed by atoms with E-state index in [0.717, 1.165) is 12.1 Å². The summed E-state index contributed by atoms with van der Waals surface area (Å²) in [7, 11) is 0. The van der Waals surface area contributed by atoms with Crippen LogP contribution in [-0.2, 0) is 4.79 Å². The molecular weight excluding hydrogens is 174 g/mol. The van der Waals surface area contributed by atoms with Crippen molar-refractivity contribution in [2.45, 2.75) is 12.3 Å². The summed E-state index contributed by atoms with van der Waals surface area (Å²) in [5.41, 5.74) is 2.06. The Morgan fingerprint density at radius 1 is 1.36 bits per heavy atom. The number of rotatable bonds is 1. The monoisotopic (exact) mass is 185 g/mol. The molecule has 70 valence electrons. The van der Waals surface area contributed by atoms with Crippen molar-refractivity contribution in [1.82, 2.24) is 5.32 Å². The van der Waals surface area contributed by atoms with Gasteiger partial charge in [0.15, 0.2) is 0 Å². The van der Waals surface area contributed by atoms with Crippen LogP contribution in [-0.4, -0.2) is 12.5 Å². The zero-order valence-corrected chi connectivity index (χ0v) is 7.79. The molecule has 14 heavy (non-hydrogen) atoms. The van der Waals surface area contributed by atoms with Crippen molar-refractivity contribution in [2.75, 3.05) is 6.54 Å². The molecule has 0 aliphatic carbocycles. The number of hydrogen-bond acceptors (Lipinski definition) is 1. The van der Waals surface area contributed by atoms with Crippen LogP contribution in [0.3, 0.4) is 0 Å². The number of terminal acetylenes is 1. The Kier molecular flexibility index (Phi) is 2.24. The van der Waals surface area contributed by atoms with E-state index in [2.05, 4.69) is 11.2 Å². The van der Waals surface area contributed by atoms with Crippen molar-refractivity contribution in [3.05, 3.63) is 35.4 Å². The molecule has 0 bridgehead atoms. The van der Waals surface area contributed by atoms with Gasteiger partial charge in [-0.3, -0.25) is 4.79 Å². The number of carbonyl (C=O) groups excluding carboxylic acids is 1. The molecule has 2 rings (SSSR count). The van der Waals surface area contributed by atoms with Crippen LogP contribution in [0.2, 0.25) is 0 Å². The first-order valence-corrected chi connectivity index (χ1v) is 4.63. The van der Waals surface area contributed by atoms with E-state index in [0.29, 0.717) is 12.3 Å². The van der Waals surface area contributed by atoms with Crippen molar-refractivity contribution in [1.29, 1.82) is 0 Å². The minimum atomic E-state index is 0.135. The second-order valence-electron chi connectivity index (χ2n) is 3.47. The van der Waals surface area contributed by atoms with E-state index in [-0.39, 0.29) is 5.91 Å². The van der Waals surface area contributed by atoms with E-state index in [9.17, 15) is 4.79 Å². The summed E-state index contributed by atoms with van der Waals surface area (Å²) in [6, 6.07) is 7.83. The maximum Gasteiger partial charge on any atom is 0.220 e. The highest BCUT2D eigenvalue weighted by Crippen LogP contribution is 2.22. The van der Waals surface area contributed by atoms with Crippen LogP contribution < -0.4 is 5.32 Å². The molecule has 0 aromatic heterocycles. The number of nitrogens with one attached hydrogen (secondary N) is 1. The molecule has 1 aromatic carbocycles. The summed E-state index contributed by atoms with van der Waals surface area (Å²) < 4.78 is 0. The van der Waals surface area contributed by atoms with Crippen LogP contribution in [0.1, 0.15) is 23.5 Å². The number of hydrogen-bond donors (Lipinski definition) is 1. The molecule has 0 saturated carbocycles. The first-order valence-electron chi connectivity index (χ1n) is 4.63. The number of benzene rings is 1. The number of amides is 1. The Bertz CT molecular complexity index is 386. The van der Waals surface area contributed by atoms with Gasteiger partial charge in [-0.15, -0.1) is 6.42 Å². The molecule has 1 aliphatic rings. The molecule has 0 spiro atoms. The van der Waals surface area contributed by atoms with Crippen molar-refractivity contribution < 1.29 is 4.79 Å². The summed E-state index contributed by atoms with van der Waals surface area (Å²) in [6.45, 7) is 0.744. The van der Waals surface area contributed by atoms with Gasteiger partial charge in [0.2, 0.25) is 5.91 Å². The molecule has 2 nitrogen and oxygen atoms in total. The molecule has 1 unspecified atom stereocenters. The Morgan fingerprint density at radius 2 is 2.07 bits per heavy atom. The molecule has 1 aromatic rings. The van der Waals surface area contributed by atoms with E-state index in [1.165, 1.54) is 5.56 Å². The zero-order valence-electron chi connectivity index (χ0n) is 7.79.